The van der Waals surface area contributed by atoms with E-state index < -0.39 is 11.6 Å². The number of aryl methyl sites for hydroxylation is 1. The van der Waals surface area contributed by atoms with Crippen LogP contribution in [-0.4, -0.2) is 0 Å². The third-order valence-electron chi connectivity index (χ3n) is 6.99. The van der Waals surface area contributed by atoms with Crippen LogP contribution in [0.2, 0.25) is 0 Å². The molecule has 0 bridgehead atoms. The second-order valence-corrected chi connectivity index (χ2v) is 8.96. The molecule has 2 aliphatic rings. The van der Waals surface area contributed by atoms with Crippen molar-refractivity contribution in [1.29, 1.82) is 0 Å². The molecule has 1 fully saturated rings. The molecule has 2 aliphatic carbocycles. The van der Waals surface area contributed by atoms with E-state index in [1.54, 1.807) is 0 Å². The summed E-state index contributed by atoms with van der Waals surface area (Å²) in [6.45, 7) is 2.28. The Kier molecular flexibility index (Phi) is 7.52. The maximum atomic E-state index is 13.5. The predicted molar refractivity (Wildman–Crippen MR) is 105 cm³/mol. The predicted octanol–water partition coefficient (Wildman–Crippen LogP) is 7.63. The number of benzene rings is 1. The third-order valence-corrected chi connectivity index (χ3v) is 6.99. The van der Waals surface area contributed by atoms with Gasteiger partial charge in [-0.2, -0.15) is 0 Å². The quantitative estimate of drug-likeness (QED) is 0.417. The topological polar surface area (TPSA) is 0 Å². The van der Waals surface area contributed by atoms with Crippen LogP contribution in [0.4, 0.5) is 8.78 Å². The molecular weight excluding hydrogens is 326 g/mol. The number of fused-ring (bicyclic) bond motifs is 1. The van der Waals surface area contributed by atoms with Crippen molar-refractivity contribution < 1.29 is 8.78 Å². The highest BCUT2D eigenvalue weighted by molar-refractivity contribution is 5.31. The molecule has 0 saturated heterocycles. The molecule has 1 unspecified atom stereocenters. The summed E-state index contributed by atoms with van der Waals surface area (Å²) >= 11 is 0. The zero-order valence-electron chi connectivity index (χ0n) is 16.5. The molecule has 0 nitrogen and oxygen atoms in total. The van der Waals surface area contributed by atoms with E-state index in [2.05, 4.69) is 6.92 Å². The molecule has 146 valence electrons. The van der Waals surface area contributed by atoms with Crippen molar-refractivity contribution in [2.45, 2.75) is 96.8 Å². The molecule has 2 heteroatoms. The highest BCUT2D eigenvalue weighted by Gasteiger charge is 2.24. The van der Waals surface area contributed by atoms with E-state index in [1.807, 2.05) is 0 Å². The lowest BCUT2D eigenvalue weighted by molar-refractivity contribution is 0.233. The second-order valence-electron chi connectivity index (χ2n) is 8.96. The van der Waals surface area contributed by atoms with E-state index in [9.17, 15) is 8.78 Å². The van der Waals surface area contributed by atoms with Crippen molar-refractivity contribution in [2.75, 3.05) is 0 Å². The van der Waals surface area contributed by atoms with E-state index in [4.69, 9.17) is 0 Å². The lowest BCUT2D eigenvalue weighted by Crippen LogP contribution is -2.19. The van der Waals surface area contributed by atoms with E-state index in [1.165, 1.54) is 82.8 Å². The van der Waals surface area contributed by atoms with Gasteiger partial charge in [0.25, 0.3) is 0 Å². The number of hydrogen-bond donors (Lipinski definition) is 0. The van der Waals surface area contributed by atoms with Gasteiger partial charge in [-0.3, -0.25) is 0 Å². The lowest BCUT2D eigenvalue weighted by atomic mass is 9.75. The number of unbranched alkanes of at least 4 members (excludes halogenated alkanes) is 3. The van der Waals surface area contributed by atoms with Gasteiger partial charge in [-0.1, -0.05) is 71.1 Å². The van der Waals surface area contributed by atoms with Crippen molar-refractivity contribution in [3.8, 4) is 0 Å². The first kappa shape index (κ1) is 19.8. The average molecular weight is 363 g/mol. The summed E-state index contributed by atoms with van der Waals surface area (Å²) in [5.41, 5.74) is 2.08. The summed E-state index contributed by atoms with van der Waals surface area (Å²) in [7, 11) is 0. The van der Waals surface area contributed by atoms with Gasteiger partial charge in [0.15, 0.2) is 11.6 Å². The summed E-state index contributed by atoms with van der Waals surface area (Å²) in [6, 6.07) is 2.86. The fourth-order valence-electron chi connectivity index (χ4n) is 5.21. The highest BCUT2D eigenvalue weighted by atomic mass is 19.2. The summed E-state index contributed by atoms with van der Waals surface area (Å²) in [4.78, 5) is 0. The van der Waals surface area contributed by atoms with E-state index >= 15 is 0 Å². The Labute approximate surface area is 158 Å². The van der Waals surface area contributed by atoms with Crippen molar-refractivity contribution in [2.24, 2.45) is 17.8 Å². The Morgan fingerprint density at radius 2 is 1.35 bits per heavy atom. The minimum Gasteiger partial charge on any atom is -0.204 e. The largest absolute Gasteiger partial charge is 0.204 e. The maximum Gasteiger partial charge on any atom is 0.159 e. The minimum atomic E-state index is -0.686. The molecule has 1 aromatic rings. The van der Waals surface area contributed by atoms with Crippen LogP contribution in [-0.2, 0) is 12.8 Å². The number of halogens is 2. The third kappa shape index (κ3) is 5.54. The van der Waals surface area contributed by atoms with E-state index in [0.29, 0.717) is 5.92 Å². The SMILES string of the molecule is CCCCCCC1CCC(CCC2CCc3cc(F)c(F)cc3C2)CC1. The van der Waals surface area contributed by atoms with Gasteiger partial charge >= 0.3 is 0 Å². The first-order chi connectivity index (χ1) is 12.7. The van der Waals surface area contributed by atoms with Crippen LogP contribution in [0.1, 0.15) is 95.1 Å². The Hall–Kier alpha value is -0.920. The Bertz CT molecular complexity index is 558. The summed E-state index contributed by atoms with van der Waals surface area (Å²) < 4.78 is 26.9. The first-order valence-electron chi connectivity index (χ1n) is 11.1. The summed E-state index contributed by atoms with van der Waals surface area (Å²) in [6.07, 6.45) is 18.4. The Balaban J connectivity index is 1.36. The second kappa shape index (κ2) is 9.85. The fraction of sp³-hybridized carbons (Fsp3) is 0.750. The molecule has 0 radical (unpaired) electrons. The fourth-order valence-corrected chi connectivity index (χ4v) is 5.21. The van der Waals surface area contributed by atoms with Crippen LogP contribution < -0.4 is 0 Å². The van der Waals surface area contributed by atoms with Crippen LogP contribution in [0.25, 0.3) is 0 Å². The number of hydrogen-bond acceptors (Lipinski definition) is 0. The van der Waals surface area contributed by atoms with Crippen LogP contribution in [0.15, 0.2) is 12.1 Å². The standard InChI is InChI=1S/C24H36F2/c1-2-3-4-5-6-18-7-9-19(10-8-18)11-12-20-13-14-21-16-23(25)24(26)17-22(21)15-20/h16-20H,2-15H2,1H3. The van der Waals surface area contributed by atoms with Gasteiger partial charge in [-0.25, -0.2) is 8.78 Å². The number of rotatable bonds is 8. The zero-order chi connectivity index (χ0) is 18.4. The molecular formula is C24H36F2. The van der Waals surface area contributed by atoms with Gasteiger partial charge in [0.2, 0.25) is 0 Å². The van der Waals surface area contributed by atoms with Gasteiger partial charge in [-0.15, -0.1) is 0 Å². The molecule has 1 saturated carbocycles. The molecule has 1 atom stereocenters. The van der Waals surface area contributed by atoms with Crippen molar-refractivity contribution in [3.63, 3.8) is 0 Å². The monoisotopic (exact) mass is 362 g/mol. The van der Waals surface area contributed by atoms with Crippen LogP contribution in [0.5, 0.6) is 0 Å². The maximum absolute atomic E-state index is 13.5. The van der Waals surface area contributed by atoms with Crippen LogP contribution in [0.3, 0.4) is 0 Å². The Morgan fingerprint density at radius 1 is 0.731 bits per heavy atom. The van der Waals surface area contributed by atoms with E-state index in [-0.39, 0.29) is 0 Å². The molecule has 0 aliphatic heterocycles. The Morgan fingerprint density at radius 3 is 2.04 bits per heavy atom. The van der Waals surface area contributed by atoms with Gasteiger partial charge in [0.1, 0.15) is 0 Å². The van der Waals surface area contributed by atoms with Crippen molar-refractivity contribution in [1.82, 2.24) is 0 Å². The summed E-state index contributed by atoms with van der Waals surface area (Å²) in [5, 5.41) is 0. The minimum absolute atomic E-state index is 0.666. The molecule has 0 spiro atoms. The molecule has 0 amide bonds. The molecule has 0 N–H and O–H groups in total. The first-order valence-corrected chi connectivity index (χ1v) is 11.1. The molecule has 3 rings (SSSR count). The molecule has 26 heavy (non-hydrogen) atoms. The van der Waals surface area contributed by atoms with Gasteiger partial charge in [0, 0.05) is 0 Å². The molecule has 1 aromatic carbocycles. The lowest BCUT2D eigenvalue weighted by Gasteiger charge is -2.31. The van der Waals surface area contributed by atoms with Crippen LogP contribution in [0, 0.1) is 29.4 Å². The van der Waals surface area contributed by atoms with Gasteiger partial charge < -0.3 is 0 Å². The average Bonchev–Trinajstić information content (AvgIpc) is 2.65. The van der Waals surface area contributed by atoms with Crippen molar-refractivity contribution >= 4 is 0 Å². The van der Waals surface area contributed by atoms with Gasteiger partial charge in [-0.05, 0) is 66.7 Å². The van der Waals surface area contributed by atoms with Gasteiger partial charge in [0.05, 0.1) is 0 Å². The zero-order valence-corrected chi connectivity index (χ0v) is 16.5. The highest BCUT2D eigenvalue weighted by Crippen LogP contribution is 2.37. The molecule has 0 heterocycles. The van der Waals surface area contributed by atoms with Crippen LogP contribution >= 0.6 is 0 Å². The van der Waals surface area contributed by atoms with E-state index in [0.717, 1.165) is 42.2 Å². The molecule has 0 aromatic heterocycles. The normalized spacial score (nSPS) is 25.9. The smallest absolute Gasteiger partial charge is 0.159 e. The summed E-state index contributed by atoms with van der Waals surface area (Å²) in [5.74, 6) is 1.20. The van der Waals surface area contributed by atoms with Crippen molar-refractivity contribution in [3.05, 3.63) is 34.9 Å².